The van der Waals surface area contributed by atoms with E-state index >= 15 is 0 Å². The van der Waals surface area contributed by atoms with Gasteiger partial charge in [0.05, 0.1) is 18.4 Å². The van der Waals surface area contributed by atoms with Crippen LogP contribution in [0.5, 0.6) is 11.5 Å². The molecule has 0 fully saturated rings. The average Bonchev–Trinajstić information content (AvgIpc) is 2.46. The van der Waals surface area contributed by atoms with Gasteiger partial charge in [-0.1, -0.05) is 6.07 Å². The van der Waals surface area contributed by atoms with Crippen LogP contribution in [0.3, 0.4) is 0 Å². The van der Waals surface area contributed by atoms with Gasteiger partial charge in [-0.2, -0.15) is 0 Å². The third-order valence-electron chi connectivity index (χ3n) is 2.77. The summed E-state index contributed by atoms with van der Waals surface area (Å²) in [6.07, 6.45) is 1.31. The van der Waals surface area contributed by atoms with Crippen molar-refractivity contribution in [2.45, 2.75) is 13.5 Å². The molecule has 1 N–H and O–H groups in total. The smallest absolute Gasteiger partial charge is 0.337 e. The zero-order chi connectivity index (χ0) is 14.5. The van der Waals surface area contributed by atoms with Gasteiger partial charge < -0.3 is 14.6 Å². The summed E-state index contributed by atoms with van der Waals surface area (Å²) >= 11 is 0. The van der Waals surface area contributed by atoms with Crippen LogP contribution in [-0.4, -0.2) is 23.2 Å². The summed E-state index contributed by atoms with van der Waals surface area (Å²) < 4.78 is 10.9. The Morgan fingerprint density at radius 3 is 2.65 bits per heavy atom. The van der Waals surface area contributed by atoms with Crippen LogP contribution in [0.15, 0.2) is 36.5 Å². The Balaban J connectivity index is 2.06. The predicted octanol–water partition coefficient (Wildman–Crippen LogP) is 2.68. The Morgan fingerprint density at radius 1 is 1.25 bits per heavy atom. The number of carboxylic acid groups (broad SMARTS) is 1. The van der Waals surface area contributed by atoms with Gasteiger partial charge in [0.25, 0.3) is 0 Å². The van der Waals surface area contributed by atoms with E-state index in [1.165, 1.54) is 12.3 Å². The van der Waals surface area contributed by atoms with Gasteiger partial charge in [0.15, 0.2) is 11.5 Å². The summed E-state index contributed by atoms with van der Waals surface area (Å²) in [6, 6.07) is 8.78. The molecule has 0 atom stereocenters. The number of carbonyl (C=O) groups is 1. The average molecular weight is 273 g/mol. The van der Waals surface area contributed by atoms with Crippen molar-refractivity contribution in [2.75, 3.05) is 7.11 Å². The number of benzene rings is 1. The molecule has 20 heavy (non-hydrogen) atoms. The van der Waals surface area contributed by atoms with Crippen LogP contribution in [0.1, 0.15) is 21.6 Å². The van der Waals surface area contributed by atoms with Crippen LogP contribution in [0.2, 0.25) is 0 Å². The summed E-state index contributed by atoms with van der Waals surface area (Å²) in [6.45, 7) is 2.22. The molecule has 104 valence electrons. The van der Waals surface area contributed by atoms with Crippen molar-refractivity contribution in [3.63, 3.8) is 0 Å². The van der Waals surface area contributed by atoms with Crippen molar-refractivity contribution in [3.8, 4) is 11.5 Å². The minimum absolute atomic E-state index is 0.154. The van der Waals surface area contributed by atoms with Gasteiger partial charge in [-0.05, 0) is 36.8 Å². The summed E-state index contributed by atoms with van der Waals surface area (Å²) in [5.74, 6) is 0.291. The Kier molecular flexibility index (Phi) is 4.20. The minimum Gasteiger partial charge on any atom is -0.493 e. The second-order valence-electron chi connectivity index (χ2n) is 4.29. The number of rotatable bonds is 5. The third kappa shape index (κ3) is 3.26. The third-order valence-corrected chi connectivity index (χ3v) is 2.77. The molecule has 1 aromatic carbocycles. The second kappa shape index (κ2) is 6.06. The van der Waals surface area contributed by atoms with E-state index in [1.807, 2.05) is 25.1 Å². The number of methoxy groups -OCH3 is 1. The van der Waals surface area contributed by atoms with Crippen LogP contribution in [0.4, 0.5) is 0 Å². The van der Waals surface area contributed by atoms with E-state index < -0.39 is 5.97 Å². The maximum absolute atomic E-state index is 10.7. The van der Waals surface area contributed by atoms with Crippen molar-refractivity contribution in [1.82, 2.24) is 4.98 Å². The molecule has 0 saturated heterocycles. The highest BCUT2D eigenvalue weighted by atomic mass is 16.5. The number of aromatic nitrogens is 1. The normalized spacial score (nSPS) is 10.1. The number of hydrogen-bond donors (Lipinski definition) is 1. The van der Waals surface area contributed by atoms with Crippen LogP contribution < -0.4 is 9.47 Å². The lowest BCUT2D eigenvalue weighted by atomic mass is 10.2. The molecule has 0 radical (unpaired) electrons. The minimum atomic E-state index is -0.995. The molecule has 1 aromatic heterocycles. The maximum atomic E-state index is 10.7. The molecular formula is C15H15NO4. The molecule has 0 saturated carbocycles. The van der Waals surface area contributed by atoms with Gasteiger partial charge in [0.1, 0.15) is 6.61 Å². The van der Waals surface area contributed by atoms with E-state index in [0.717, 1.165) is 5.56 Å². The fourth-order valence-corrected chi connectivity index (χ4v) is 1.68. The van der Waals surface area contributed by atoms with Crippen molar-refractivity contribution in [3.05, 3.63) is 53.3 Å². The molecular weight excluding hydrogens is 258 g/mol. The summed E-state index contributed by atoms with van der Waals surface area (Å²) in [5.41, 5.74) is 1.89. The number of aryl methyl sites for hydroxylation is 1. The lowest BCUT2D eigenvalue weighted by molar-refractivity contribution is 0.0696. The number of carboxylic acids is 1. The summed E-state index contributed by atoms with van der Waals surface area (Å²) in [5, 5.41) is 8.79. The van der Waals surface area contributed by atoms with Crippen molar-refractivity contribution in [1.29, 1.82) is 0 Å². The van der Waals surface area contributed by atoms with Gasteiger partial charge in [-0.15, -0.1) is 0 Å². The highest BCUT2D eigenvalue weighted by molar-refractivity contribution is 5.87. The number of aromatic carboxylic acids is 1. The number of ether oxygens (including phenoxy) is 2. The Labute approximate surface area is 116 Å². The molecule has 0 bridgehead atoms. The number of pyridine rings is 1. The Hall–Kier alpha value is -2.56. The zero-order valence-corrected chi connectivity index (χ0v) is 11.3. The van der Waals surface area contributed by atoms with Crippen LogP contribution in [-0.2, 0) is 6.61 Å². The molecule has 0 aliphatic carbocycles. The lowest BCUT2D eigenvalue weighted by Gasteiger charge is -2.11. The fourth-order valence-electron chi connectivity index (χ4n) is 1.68. The lowest BCUT2D eigenvalue weighted by Crippen LogP contribution is -2.02. The molecule has 0 aliphatic heterocycles. The van der Waals surface area contributed by atoms with Crippen LogP contribution in [0, 0.1) is 6.92 Å². The van der Waals surface area contributed by atoms with Crippen molar-refractivity contribution >= 4 is 5.97 Å². The van der Waals surface area contributed by atoms with Gasteiger partial charge >= 0.3 is 5.97 Å². The van der Waals surface area contributed by atoms with Crippen molar-refractivity contribution in [2.24, 2.45) is 0 Å². The first-order valence-electron chi connectivity index (χ1n) is 6.06. The monoisotopic (exact) mass is 273 g/mol. The first-order chi connectivity index (χ1) is 9.60. The number of hydrogen-bond acceptors (Lipinski definition) is 4. The zero-order valence-electron chi connectivity index (χ0n) is 11.3. The Bertz CT molecular complexity index is 608. The van der Waals surface area contributed by atoms with Gasteiger partial charge in [0, 0.05) is 6.20 Å². The largest absolute Gasteiger partial charge is 0.493 e. The number of nitrogens with zero attached hydrogens (tertiary/aromatic N) is 1. The van der Waals surface area contributed by atoms with E-state index in [1.54, 1.807) is 13.2 Å². The molecule has 0 aliphatic rings. The van der Waals surface area contributed by atoms with Gasteiger partial charge in [-0.25, -0.2) is 4.79 Å². The molecule has 0 unspecified atom stereocenters. The Morgan fingerprint density at radius 2 is 2.05 bits per heavy atom. The maximum Gasteiger partial charge on any atom is 0.337 e. The SMILES string of the molecule is COc1cc(C)ccc1OCc1ccc(C(=O)O)cn1. The van der Waals surface area contributed by atoms with E-state index in [9.17, 15) is 4.79 Å². The molecule has 5 heteroatoms. The highest BCUT2D eigenvalue weighted by Crippen LogP contribution is 2.28. The van der Waals surface area contributed by atoms with Crippen LogP contribution >= 0.6 is 0 Å². The molecule has 0 amide bonds. The summed E-state index contributed by atoms with van der Waals surface area (Å²) in [7, 11) is 1.58. The molecule has 2 aromatic rings. The van der Waals surface area contributed by atoms with Gasteiger partial charge in [0.2, 0.25) is 0 Å². The predicted molar refractivity (Wildman–Crippen MR) is 73.3 cm³/mol. The first kappa shape index (κ1) is 13.9. The molecule has 2 rings (SSSR count). The fraction of sp³-hybridized carbons (Fsp3) is 0.200. The molecule has 1 heterocycles. The van der Waals surface area contributed by atoms with E-state index in [4.69, 9.17) is 14.6 Å². The highest BCUT2D eigenvalue weighted by Gasteiger charge is 2.06. The van der Waals surface area contributed by atoms with Gasteiger partial charge in [-0.3, -0.25) is 4.98 Å². The van der Waals surface area contributed by atoms with E-state index in [0.29, 0.717) is 17.2 Å². The first-order valence-corrected chi connectivity index (χ1v) is 6.06. The summed E-state index contributed by atoms with van der Waals surface area (Å²) in [4.78, 5) is 14.8. The van der Waals surface area contributed by atoms with E-state index in [-0.39, 0.29) is 12.2 Å². The quantitative estimate of drug-likeness (QED) is 0.907. The molecule has 0 spiro atoms. The van der Waals surface area contributed by atoms with E-state index in [2.05, 4.69) is 4.98 Å². The van der Waals surface area contributed by atoms with Crippen molar-refractivity contribution < 1.29 is 19.4 Å². The topological polar surface area (TPSA) is 68.7 Å². The second-order valence-corrected chi connectivity index (χ2v) is 4.29. The molecule has 5 nitrogen and oxygen atoms in total. The van der Waals surface area contributed by atoms with Crippen LogP contribution in [0.25, 0.3) is 0 Å². The standard InChI is InChI=1S/C15H15NO4/c1-10-3-6-13(14(7-10)19-2)20-9-12-5-4-11(8-16-12)15(17)18/h3-8H,9H2,1-2H3,(H,17,18).